The number of hydrogen-bond acceptors (Lipinski definition) is 7. The number of carbonyl (C=O) groups is 4. The number of ether oxygens (including phenoxy) is 2. The quantitative estimate of drug-likeness (QED) is 0.357. The van der Waals surface area contributed by atoms with E-state index < -0.39 is 47.7 Å². The molecule has 9 nitrogen and oxygen atoms in total. The molecule has 24 heavy (non-hydrogen) atoms. The van der Waals surface area contributed by atoms with E-state index >= 15 is 0 Å². The maximum Gasteiger partial charge on any atom is 0.320 e. The molecule has 3 atom stereocenters. The van der Waals surface area contributed by atoms with Gasteiger partial charge in [0.05, 0.1) is 14.2 Å². The fraction of sp³-hybridized carbons (Fsp3) is 0.733. The van der Waals surface area contributed by atoms with Gasteiger partial charge in [-0.15, -0.1) is 0 Å². The predicted molar refractivity (Wildman–Crippen MR) is 83.3 cm³/mol. The van der Waals surface area contributed by atoms with Crippen LogP contribution in [0.5, 0.6) is 0 Å². The average molecular weight is 346 g/mol. The van der Waals surface area contributed by atoms with Crippen LogP contribution < -0.4 is 11.1 Å². The minimum atomic E-state index is -1.44. The molecular formula is C15H26N2O7. The van der Waals surface area contributed by atoms with Gasteiger partial charge in [0, 0.05) is 5.92 Å². The van der Waals surface area contributed by atoms with Gasteiger partial charge >= 0.3 is 11.9 Å². The smallest absolute Gasteiger partial charge is 0.320 e. The van der Waals surface area contributed by atoms with Crippen LogP contribution in [0.1, 0.15) is 27.2 Å². The van der Waals surface area contributed by atoms with Gasteiger partial charge in [0.2, 0.25) is 11.8 Å². The van der Waals surface area contributed by atoms with Gasteiger partial charge in [-0.25, -0.2) is 0 Å². The molecule has 0 aliphatic carbocycles. The van der Waals surface area contributed by atoms with E-state index in [1.165, 1.54) is 6.92 Å². The highest BCUT2D eigenvalue weighted by molar-refractivity contribution is 5.97. The third kappa shape index (κ3) is 6.15. The van der Waals surface area contributed by atoms with Gasteiger partial charge in [0.15, 0.2) is 5.92 Å². The van der Waals surface area contributed by atoms with Crippen LogP contribution in [0.3, 0.4) is 0 Å². The summed E-state index contributed by atoms with van der Waals surface area (Å²) in [5.41, 5.74) is 5.27. The summed E-state index contributed by atoms with van der Waals surface area (Å²) in [6, 6.07) is -1.36. The lowest BCUT2D eigenvalue weighted by Crippen LogP contribution is -2.54. The highest BCUT2D eigenvalue weighted by Crippen LogP contribution is 2.20. The SMILES string of the molecule is COC(=O)C(C(=O)OC)[C@@H](C)[C@H](NC(=O)[C@@H](O)CC(C)C)C(N)=O. The molecule has 0 aliphatic rings. The molecule has 9 heteroatoms. The number of aliphatic hydroxyl groups is 1. The van der Waals surface area contributed by atoms with Crippen molar-refractivity contribution in [2.75, 3.05) is 14.2 Å². The number of methoxy groups -OCH3 is 2. The van der Waals surface area contributed by atoms with Crippen molar-refractivity contribution in [3.05, 3.63) is 0 Å². The van der Waals surface area contributed by atoms with Crippen LogP contribution in [0.15, 0.2) is 0 Å². The first kappa shape index (κ1) is 21.8. The Hall–Kier alpha value is -2.16. The molecule has 138 valence electrons. The molecule has 0 saturated heterocycles. The molecule has 0 rings (SSSR count). The highest BCUT2D eigenvalue weighted by Gasteiger charge is 2.41. The van der Waals surface area contributed by atoms with Crippen molar-refractivity contribution in [3.8, 4) is 0 Å². The normalized spacial score (nSPS) is 14.7. The van der Waals surface area contributed by atoms with Crippen molar-refractivity contribution in [2.45, 2.75) is 39.3 Å². The van der Waals surface area contributed by atoms with Crippen molar-refractivity contribution < 1.29 is 33.8 Å². The number of hydrogen-bond donors (Lipinski definition) is 3. The number of aliphatic hydroxyl groups excluding tert-OH is 1. The minimum absolute atomic E-state index is 0.0492. The molecule has 0 bridgehead atoms. The van der Waals surface area contributed by atoms with E-state index in [9.17, 15) is 24.3 Å². The van der Waals surface area contributed by atoms with Crippen molar-refractivity contribution >= 4 is 23.8 Å². The molecule has 0 radical (unpaired) electrons. The van der Waals surface area contributed by atoms with E-state index in [0.717, 1.165) is 14.2 Å². The van der Waals surface area contributed by atoms with Crippen LogP contribution in [0.2, 0.25) is 0 Å². The summed E-state index contributed by atoms with van der Waals surface area (Å²) >= 11 is 0. The number of primary amides is 1. The summed E-state index contributed by atoms with van der Waals surface area (Å²) < 4.78 is 9.07. The van der Waals surface area contributed by atoms with E-state index in [0.29, 0.717) is 0 Å². The number of nitrogens with one attached hydrogen (secondary N) is 1. The zero-order valence-electron chi connectivity index (χ0n) is 14.6. The van der Waals surface area contributed by atoms with Gasteiger partial charge in [0.25, 0.3) is 0 Å². The summed E-state index contributed by atoms with van der Waals surface area (Å²) in [6.07, 6.45) is -1.16. The van der Waals surface area contributed by atoms with Crippen LogP contribution >= 0.6 is 0 Å². The first-order chi connectivity index (χ1) is 11.1. The number of rotatable bonds is 9. The summed E-state index contributed by atoms with van der Waals surface area (Å²) in [5, 5.41) is 12.1. The fourth-order valence-corrected chi connectivity index (χ4v) is 2.24. The predicted octanol–water partition coefficient (Wildman–Crippen LogP) is -1.04. The Bertz CT molecular complexity index is 462. The average Bonchev–Trinajstić information content (AvgIpc) is 2.50. The first-order valence-corrected chi connectivity index (χ1v) is 7.50. The number of amides is 2. The van der Waals surface area contributed by atoms with Crippen LogP contribution in [0.4, 0.5) is 0 Å². The Kier molecular flexibility index (Phi) is 8.97. The molecule has 2 amide bonds. The molecule has 0 aromatic rings. The molecule has 0 saturated carbocycles. The zero-order valence-corrected chi connectivity index (χ0v) is 14.6. The third-order valence-electron chi connectivity index (χ3n) is 3.56. The molecule has 0 aromatic heterocycles. The Morgan fingerprint density at radius 1 is 1.04 bits per heavy atom. The molecular weight excluding hydrogens is 320 g/mol. The van der Waals surface area contributed by atoms with Crippen LogP contribution in [-0.4, -0.2) is 55.2 Å². The number of carbonyl (C=O) groups excluding carboxylic acids is 4. The zero-order chi connectivity index (χ0) is 19.0. The lowest BCUT2D eigenvalue weighted by molar-refractivity contribution is -0.162. The Morgan fingerprint density at radius 2 is 1.50 bits per heavy atom. The number of esters is 2. The Balaban J connectivity index is 5.34. The standard InChI is InChI=1S/C15H26N2O7/c1-7(2)6-9(18)13(20)17-11(12(16)19)8(3)10(14(21)23-4)15(22)24-5/h7-11,18H,6H2,1-5H3,(H2,16,19)(H,17,20)/t8-,9+,11+/m1/s1. The van der Waals surface area contributed by atoms with Crippen LogP contribution in [0, 0.1) is 17.8 Å². The number of nitrogens with two attached hydrogens (primary N) is 1. The second-order valence-electron chi connectivity index (χ2n) is 5.92. The van der Waals surface area contributed by atoms with Gasteiger partial charge in [-0.2, -0.15) is 0 Å². The van der Waals surface area contributed by atoms with E-state index in [-0.39, 0.29) is 12.3 Å². The minimum Gasteiger partial charge on any atom is -0.468 e. The lowest BCUT2D eigenvalue weighted by Gasteiger charge is -2.27. The van der Waals surface area contributed by atoms with Gasteiger partial charge in [-0.05, 0) is 12.3 Å². The van der Waals surface area contributed by atoms with E-state index in [2.05, 4.69) is 14.8 Å². The maximum absolute atomic E-state index is 12.0. The van der Waals surface area contributed by atoms with E-state index in [1.807, 2.05) is 13.8 Å². The van der Waals surface area contributed by atoms with Crippen molar-refractivity contribution in [2.24, 2.45) is 23.5 Å². The third-order valence-corrected chi connectivity index (χ3v) is 3.56. The van der Waals surface area contributed by atoms with Crippen LogP contribution in [0.25, 0.3) is 0 Å². The molecule has 0 heterocycles. The topological polar surface area (TPSA) is 145 Å². The largest absolute Gasteiger partial charge is 0.468 e. The Labute approximate surface area is 140 Å². The maximum atomic E-state index is 12.0. The fourth-order valence-electron chi connectivity index (χ4n) is 2.24. The van der Waals surface area contributed by atoms with Gasteiger partial charge in [-0.3, -0.25) is 19.2 Å². The van der Waals surface area contributed by atoms with E-state index in [1.54, 1.807) is 0 Å². The molecule has 4 N–H and O–H groups in total. The molecule has 0 unspecified atom stereocenters. The summed E-state index contributed by atoms with van der Waals surface area (Å²) in [6.45, 7) is 5.01. The second-order valence-corrected chi connectivity index (χ2v) is 5.92. The van der Waals surface area contributed by atoms with Gasteiger partial charge < -0.3 is 25.6 Å². The van der Waals surface area contributed by atoms with Crippen molar-refractivity contribution in [1.82, 2.24) is 5.32 Å². The van der Waals surface area contributed by atoms with Crippen LogP contribution in [-0.2, 0) is 28.7 Å². The lowest BCUT2D eigenvalue weighted by atomic mass is 9.86. The summed E-state index contributed by atoms with van der Waals surface area (Å²) in [7, 11) is 2.16. The highest BCUT2D eigenvalue weighted by atomic mass is 16.5. The Morgan fingerprint density at radius 3 is 1.83 bits per heavy atom. The molecule has 0 fully saturated rings. The molecule has 0 spiro atoms. The van der Waals surface area contributed by atoms with Crippen molar-refractivity contribution in [3.63, 3.8) is 0 Å². The monoisotopic (exact) mass is 346 g/mol. The molecule has 0 aliphatic heterocycles. The van der Waals surface area contributed by atoms with E-state index in [4.69, 9.17) is 5.73 Å². The van der Waals surface area contributed by atoms with Crippen molar-refractivity contribution in [1.29, 1.82) is 0 Å². The second kappa shape index (κ2) is 9.86. The summed E-state index contributed by atoms with van der Waals surface area (Å²) in [4.78, 5) is 47.3. The van der Waals surface area contributed by atoms with Gasteiger partial charge in [0.1, 0.15) is 12.1 Å². The van der Waals surface area contributed by atoms with Gasteiger partial charge in [-0.1, -0.05) is 20.8 Å². The summed E-state index contributed by atoms with van der Waals surface area (Å²) in [5.74, 6) is -6.03. The molecule has 0 aromatic carbocycles. The first-order valence-electron chi connectivity index (χ1n) is 7.50.